The molecule has 2 atom stereocenters. The largest absolute Gasteiger partial charge is 0.327 e. The molecule has 3 rings (SSSR count). The van der Waals surface area contributed by atoms with Crippen molar-refractivity contribution in [1.29, 1.82) is 0 Å². The topological polar surface area (TPSA) is 43.8 Å². The van der Waals surface area contributed by atoms with Gasteiger partial charge in [0, 0.05) is 5.69 Å². The second kappa shape index (κ2) is 5.60. The van der Waals surface area contributed by atoms with Gasteiger partial charge in [-0.05, 0) is 57.2 Å². The molecule has 1 heterocycles. The summed E-state index contributed by atoms with van der Waals surface area (Å²) in [5, 5.41) is 0. The van der Waals surface area contributed by atoms with E-state index in [1.807, 2.05) is 6.92 Å². The summed E-state index contributed by atoms with van der Waals surface area (Å²) in [6, 6.07) is 6.44. The minimum Gasteiger partial charge on any atom is -0.327 e. The molecule has 1 aliphatic rings. The Morgan fingerprint density at radius 1 is 1.19 bits per heavy atom. The van der Waals surface area contributed by atoms with Crippen molar-refractivity contribution in [3.63, 3.8) is 0 Å². The molecule has 2 N–H and O–H groups in total. The van der Waals surface area contributed by atoms with Crippen LogP contribution in [0.1, 0.15) is 54.6 Å². The molecule has 1 aliphatic carbocycles. The van der Waals surface area contributed by atoms with E-state index in [1.165, 1.54) is 36.4 Å². The number of benzene rings is 1. The summed E-state index contributed by atoms with van der Waals surface area (Å²) in [5.74, 6) is 0.807. The smallest absolute Gasteiger partial charge is 0.123 e. The predicted molar refractivity (Wildman–Crippen MR) is 81.6 cm³/mol. The maximum absolute atomic E-state index is 13.1. The summed E-state index contributed by atoms with van der Waals surface area (Å²) < 4.78 is 15.3. The van der Waals surface area contributed by atoms with E-state index in [4.69, 9.17) is 10.7 Å². The van der Waals surface area contributed by atoms with Crippen LogP contribution in [-0.2, 0) is 12.8 Å². The summed E-state index contributed by atoms with van der Waals surface area (Å²) in [4.78, 5) is 4.71. The number of halogens is 1. The second-order valence-corrected chi connectivity index (χ2v) is 5.95. The number of imidazole rings is 1. The zero-order chi connectivity index (χ0) is 15.0. The average molecular weight is 287 g/mol. The van der Waals surface area contributed by atoms with Gasteiger partial charge in [-0.1, -0.05) is 12.1 Å². The van der Waals surface area contributed by atoms with Crippen LogP contribution in [0.5, 0.6) is 0 Å². The Hall–Kier alpha value is -1.68. The number of hydrogen-bond acceptors (Lipinski definition) is 2. The van der Waals surface area contributed by atoms with E-state index in [-0.39, 0.29) is 17.9 Å². The molecule has 0 bridgehead atoms. The Balaban J connectivity index is 1.93. The van der Waals surface area contributed by atoms with Crippen molar-refractivity contribution in [2.45, 2.75) is 51.6 Å². The maximum Gasteiger partial charge on any atom is 0.123 e. The van der Waals surface area contributed by atoms with E-state index in [2.05, 4.69) is 11.5 Å². The highest BCUT2D eigenvalue weighted by Crippen LogP contribution is 2.31. The quantitative estimate of drug-likeness (QED) is 0.939. The highest BCUT2D eigenvalue weighted by Gasteiger charge is 2.25. The molecule has 0 amide bonds. The van der Waals surface area contributed by atoms with Gasteiger partial charge in [0.1, 0.15) is 11.6 Å². The monoisotopic (exact) mass is 287 g/mol. The third-order valence-electron chi connectivity index (χ3n) is 4.53. The van der Waals surface area contributed by atoms with E-state index in [9.17, 15) is 4.39 Å². The molecule has 4 heteroatoms. The van der Waals surface area contributed by atoms with Crippen LogP contribution in [0, 0.1) is 12.7 Å². The average Bonchev–Trinajstić information content (AvgIpc) is 2.82. The van der Waals surface area contributed by atoms with E-state index in [1.54, 1.807) is 12.1 Å². The zero-order valence-electron chi connectivity index (χ0n) is 12.6. The van der Waals surface area contributed by atoms with Crippen LogP contribution in [-0.4, -0.2) is 9.55 Å². The number of nitrogens with zero attached hydrogens (tertiary/aromatic N) is 2. The van der Waals surface area contributed by atoms with Crippen molar-refractivity contribution in [3.05, 3.63) is 52.9 Å². The Morgan fingerprint density at radius 2 is 1.86 bits per heavy atom. The van der Waals surface area contributed by atoms with Crippen molar-refractivity contribution >= 4 is 0 Å². The Bertz CT molecular complexity index is 630. The molecule has 0 spiro atoms. The molecule has 1 aromatic heterocycles. The highest BCUT2D eigenvalue weighted by atomic mass is 19.1. The van der Waals surface area contributed by atoms with Gasteiger partial charge in [-0.25, -0.2) is 9.37 Å². The first kappa shape index (κ1) is 14.3. The zero-order valence-corrected chi connectivity index (χ0v) is 12.6. The SMILES string of the molecule is Cc1nc2c(n1C(C)C(N)c1ccc(F)cc1)CCCC2. The molecule has 2 aromatic rings. The lowest BCUT2D eigenvalue weighted by molar-refractivity contribution is 0.427. The lowest BCUT2D eigenvalue weighted by Gasteiger charge is -2.26. The normalized spacial score (nSPS) is 17.3. The number of aryl methyl sites for hydroxylation is 2. The molecule has 2 unspecified atom stereocenters. The summed E-state index contributed by atoms with van der Waals surface area (Å²) in [5.41, 5.74) is 9.94. The fourth-order valence-electron chi connectivity index (χ4n) is 3.36. The Kier molecular flexibility index (Phi) is 3.81. The number of aromatic nitrogens is 2. The Morgan fingerprint density at radius 3 is 2.57 bits per heavy atom. The molecule has 3 nitrogen and oxygen atoms in total. The number of fused-ring (bicyclic) bond motifs is 1. The minimum absolute atomic E-state index is 0.116. The van der Waals surface area contributed by atoms with Crippen molar-refractivity contribution in [2.75, 3.05) is 0 Å². The molecule has 0 fully saturated rings. The van der Waals surface area contributed by atoms with Crippen LogP contribution in [0.15, 0.2) is 24.3 Å². The summed E-state index contributed by atoms with van der Waals surface area (Å²) in [6.07, 6.45) is 4.59. The van der Waals surface area contributed by atoms with Crippen molar-refractivity contribution < 1.29 is 4.39 Å². The highest BCUT2D eigenvalue weighted by molar-refractivity contribution is 5.24. The van der Waals surface area contributed by atoms with E-state index in [0.717, 1.165) is 24.2 Å². The first-order valence-electron chi connectivity index (χ1n) is 7.65. The molecule has 21 heavy (non-hydrogen) atoms. The molecule has 1 aromatic carbocycles. The number of hydrogen-bond donors (Lipinski definition) is 1. The van der Waals surface area contributed by atoms with Crippen LogP contribution in [0.4, 0.5) is 4.39 Å². The first-order chi connectivity index (χ1) is 10.1. The third-order valence-corrected chi connectivity index (χ3v) is 4.53. The van der Waals surface area contributed by atoms with Crippen LogP contribution >= 0.6 is 0 Å². The molecule has 0 radical (unpaired) electrons. The summed E-state index contributed by atoms with van der Waals surface area (Å²) in [7, 11) is 0. The maximum atomic E-state index is 13.1. The van der Waals surface area contributed by atoms with Crippen molar-refractivity contribution in [3.8, 4) is 0 Å². The van der Waals surface area contributed by atoms with Crippen LogP contribution in [0.3, 0.4) is 0 Å². The molecule has 0 saturated carbocycles. The molecule has 112 valence electrons. The van der Waals surface area contributed by atoms with Crippen molar-refractivity contribution in [1.82, 2.24) is 9.55 Å². The molecular formula is C17H22FN3. The summed E-state index contributed by atoms with van der Waals surface area (Å²) >= 11 is 0. The Labute approximate surface area is 125 Å². The van der Waals surface area contributed by atoms with Crippen LogP contribution < -0.4 is 5.73 Å². The fourth-order valence-corrected chi connectivity index (χ4v) is 3.36. The van der Waals surface area contributed by atoms with E-state index >= 15 is 0 Å². The second-order valence-electron chi connectivity index (χ2n) is 5.95. The predicted octanol–water partition coefficient (Wildman–Crippen LogP) is 3.47. The molecule has 0 aliphatic heterocycles. The third kappa shape index (κ3) is 2.60. The van der Waals surface area contributed by atoms with E-state index in [0.29, 0.717) is 0 Å². The molecule has 0 saturated heterocycles. The first-order valence-corrected chi connectivity index (χ1v) is 7.65. The van der Waals surface area contributed by atoms with Gasteiger partial charge >= 0.3 is 0 Å². The van der Waals surface area contributed by atoms with Gasteiger partial charge in [0.15, 0.2) is 0 Å². The van der Waals surface area contributed by atoms with Gasteiger partial charge in [0.05, 0.1) is 17.8 Å². The van der Waals surface area contributed by atoms with Gasteiger partial charge < -0.3 is 10.3 Å². The van der Waals surface area contributed by atoms with Gasteiger partial charge in [-0.15, -0.1) is 0 Å². The molecular weight excluding hydrogens is 265 g/mol. The fraction of sp³-hybridized carbons (Fsp3) is 0.471. The standard InChI is InChI=1S/C17H22FN3/c1-11(17(19)13-7-9-14(18)10-8-13)21-12(2)20-15-5-3-4-6-16(15)21/h7-11,17H,3-6,19H2,1-2H3. The van der Waals surface area contributed by atoms with Crippen LogP contribution in [0.2, 0.25) is 0 Å². The number of rotatable bonds is 3. The number of nitrogens with two attached hydrogens (primary N) is 1. The van der Waals surface area contributed by atoms with Gasteiger partial charge in [-0.2, -0.15) is 0 Å². The lowest BCUT2D eigenvalue weighted by Crippen LogP contribution is -2.25. The van der Waals surface area contributed by atoms with E-state index < -0.39 is 0 Å². The van der Waals surface area contributed by atoms with Gasteiger partial charge in [-0.3, -0.25) is 0 Å². The van der Waals surface area contributed by atoms with Crippen LogP contribution in [0.25, 0.3) is 0 Å². The van der Waals surface area contributed by atoms with Gasteiger partial charge in [0.25, 0.3) is 0 Å². The van der Waals surface area contributed by atoms with Crippen molar-refractivity contribution in [2.24, 2.45) is 5.73 Å². The minimum atomic E-state index is -0.227. The van der Waals surface area contributed by atoms with Gasteiger partial charge in [0.2, 0.25) is 0 Å². The summed E-state index contributed by atoms with van der Waals surface area (Å²) in [6.45, 7) is 4.17. The lowest BCUT2D eigenvalue weighted by atomic mass is 9.98.